The molecule has 0 aliphatic carbocycles. The van der Waals surface area contributed by atoms with E-state index in [1.54, 1.807) is 6.07 Å². The Morgan fingerprint density at radius 2 is 1.63 bits per heavy atom. The summed E-state index contributed by atoms with van der Waals surface area (Å²) in [5, 5.41) is 0. The van der Waals surface area contributed by atoms with Crippen LogP contribution in [0.4, 0.5) is 11.4 Å². The van der Waals surface area contributed by atoms with Crippen LogP contribution in [0, 0.1) is 5.92 Å². The van der Waals surface area contributed by atoms with Crippen molar-refractivity contribution in [2.24, 2.45) is 5.92 Å². The quantitative estimate of drug-likeness (QED) is 0.868. The number of piperidine rings is 1. The molecule has 0 spiro atoms. The molecule has 0 amide bonds. The maximum absolute atomic E-state index is 12.7. The van der Waals surface area contributed by atoms with Gasteiger partial charge < -0.3 is 14.4 Å². The van der Waals surface area contributed by atoms with Gasteiger partial charge in [-0.25, -0.2) is 8.42 Å². The van der Waals surface area contributed by atoms with Crippen LogP contribution in [0.25, 0.3) is 0 Å². The first kappa shape index (κ1) is 18.0. The fourth-order valence-electron chi connectivity index (χ4n) is 3.41. The number of sulfonamides is 1. The third-order valence-corrected chi connectivity index (χ3v) is 6.47. The standard InChI is InChI=1S/C20H24N2O4S/c1-15-8-10-22(11-9-15)17-4-2-16(3-5-17)21-27(23,24)18-6-7-19-20(14-18)26-13-12-25-19/h2-7,14-15,21H,8-13H2,1H3. The van der Waals surface area contributed by atoms with Gasteiger partial charge in [-0.15, -0.1) is 0 Å². The molecule has 7 heteroatoms. The molecule has 1 saturated heterocycles. The molecule has 0 radical (unpaired) electrons. The zero-order valence-corrected chi connectivity index (χ0v) is 16.2. The van der Waals surface area contributed by atoms with Crippen LogP contribution < -0.4 is 19.1 Å². The molecule has 27 heavy (non-hydrogen) atoms. The van der Waals surface area contributed by atoms with Crippen molar-refractivity contribution in [1.82, 2.24) is 0 Å². The average Bonchev–Trinajstić information content (AvgIpc) is 2.68. The molecule has 2 aromatic carbocycles. The van der Waals surface area contributed by atoms with Gasteiger partial charge in [-0.2, -0.15) is 0 Å². The average molecular weight is 388 g/mol. The SMILES string of the molecule is CC1CCN(c2ccc(NS(=O)(=O)c3ccc4c(c3)OCCO4)cc2)CC1. The topological polar surface area (TPSA) is 67.9 Å². The summed E-state index contributed by atoms with van der Waals surface area (Å²) >= 11 is 0. The number of nitrogens with zero attached hydrogens (tertiary/aromatic N) is 1. The zero-order chi connectivity index (χ0) is 18.9. The van der Waals surface area contributed by atoms with Crippen LogP contribution in [0.2, 0.25) is 0 Å². The van der Waals surface area contributed by atoms with Crippen molar-refractivity contribution in [2.75, 3.05) is 35.9 Å². The van der Waals surface area contributed by atoms with Crippen LogP contribution in [0.3, 0.4) is 0 Å². The van der Waals surface area contributed by atoms with Crippen molar-refractivity contribution < 1.29 is 17.9 Å². The van der Waals surface area contributed by atoms with Gasteiger partial charge >= 0.3 is 0 Å². The summed E-state index contributed by atoms with van der Waals surface area (Å²) in [6, 6.07) is 12.2. The highest BCUT2D eigenvalue weighted by Gasteiger charge is 2.20. The Morgan fingerprint density at radius 3 is 2.33 bits per heavy atom. The Labute approximate surface area is 160 Å². The van der Waals surface area contributed by atoms with Gasteiger partial charge in [0.05, 0.1) is 4.90 Å². The first-order valence-corrected chi connectivity index (χ1v) is 10.8. The van der Waals surface area contributed by atoms with Gasteiger partial charge in [0.25, 0.3) is 10.0 Å². The maximum atomic E-state index is 12.7. The fraction of sp³-hybridized carbons (Fsp3) is 0.400. The van der Waals surface area contributed by atoms with Gasteiger partial charge in [-0.3, -0.25) is 4.72 Å². The molecule has 2 aromatic rings. The molecular weight excluding hydrogens is 364 g/mol. The minimum absolute atomic E-state index is 0.154. The van der Waals surface area contributed by atoms with Gasteiger partial charge in [0.2, 0.25) is 0 Å². The van der Waals surface area contributed by atoms with Crippen LogP contribution >= 0.6 is 0 Å². The van der Waals surface area contributed by atoms with Crippen molar-refractivity contribution in [1.29, 1.82) is 0 Å². The lowest BCUT2D eigenvalue weighted by atomic mass is 9.99. The zero-order valence-electron chi connectivity index (χ0n) is 15.3. The van der Waals surface area contributed by atoms with E-state index in [1.807, 2.05) is 24.3 Å². The van der Waals surface area contributed by atoms with Gasteiger partial charge in [-0.05, 0) is 55.2 Å². The highest BCUT2D eigenvalue weighted by atomic mass is 32.2. The summed E-state index contributed by atoms with van der Waals surface area (Å²) in [5.74, 6) is 1.80. The van der Waals surface area contributed by atoms with E-state index in [9.17, 15) is 8.42 Å². The monoisotopic (exact) mass is 388 g/mol. The second-order valence-electron chi connectivity index (χ2n) is 7.13. The highest BCUT2D eigenvalue weighted by molar-refractivity contribution is 7.92. The van der Waals surface area contributed by atoms with Crippen LogP contribution in [0.1, 0.15) is 19.8 Å². The minimum Gasteiger partial charge on any atom is -0.486 e. The lowest BCUT2D eigenvalue weighted by Crippen LogP contribution is -2.32. The summed E-state index contributed by atoms with van der Waals surface area (Å²) < 4.78 is 38.9. The summed E-state index contributed by atoms with van der Waals surface area (Å²) in [6.45, 7) is 5.26. The number of hydrogen-bond donors (Lipinski definition) is 1. The number of ether oxygens (including phenoxy) is 2. The lowest BCUT2D eigenvalue weighted by molar-refractivity contribution is 0.171. The summed E-state index contributed by atoms with van der Waals surface area (Å²) in [5.41, 5.74) is 1.67. The predicted octanol–water partition coefficient (Wildman–Crippen LogP) is 3.49. The van der Waals surface area contributed by atoms with E-state index in [0.717, 1.165) is 24.7 Å². The normalized spacial score (nSPS) is 17.6. The Bertz CT molecular complexity index is 904. The molecule has 0 atom stereocenters. The van der Waals surface area contributed by atoms with E-state index in [4.69, 9.17) is 9.47 Å². The smallest absolute Gasteiger partial charge is 0.262 e. The van der Waals surface area contributed by atoms with Crippen molar-refractivity contribution >= 4 is 21.4 Å². The Kier molecular flexibility index (Phi) is 4.86. The molecule has 4 rings (SSSR count). The molecule has 0 saturated carbocycles. The minimum atomic E-state index is -3.69. The second kappa shape index (κ2) is 7.31. The van der Waals surface area contributed by atoms with E-state index < -0.39 is 10.0 Å². The largest absolute Gasteiger partial charge is 0.486 e. The van der Waals surface area contributed by atoms with Crippen LogP contribution in [0.15, 0.2) is 47.4 Å². The molecule has 0 unspecified atom stereocenters. The number of hydrogen-bond acceptors (Lipinski definition) is 5. The Morgan fingerprint density at radius 1 is 0.963 bits per heavy atom. The number of rotatable bonds is 4. The van der Waals surface area contributed by atoms with Crippen LogP contribution in [-0.4, -0.2) is 34.7 Å². The number of fused-ring (bicyclic) bond motifs is 1. The van der Waals surface area contributed by atoms with E-state index in [1.165, 1.54) is 25.0 Å². The Hall–Kier alpha value is -2.41. The van der Waals surface area contributed by atoms with Gasteiger partial charge in [0.1, 0.15) is 13.2 Å². The van der Waals surface area contributed by atoms with Crippen molar-refractivity contribution in [3.05, 3.63) is 42.5 Å². The van der Waals surface area contributed by atoms with Crippen LogP contribution in [-0.2, 0) is 10.0 Å². The third-order valence-electron chi connectivity index (χ3n) is 5.09. The summed E-state index contributed by atoms with van der Waals surface area (Å²) in [4.78, 5) is 2.50. The van der Waals surface area contributed by atoms with Crippen molar-refractivity contribution in [3.8, 4) is 11.5 Å². The van der Waals surface area contributed by atoms with Gasteiger partial charge in [0, 0.05) is 30.5 Å². The van der Waals surface area contributed by atoms with E-state index in [2.05, 4.69) is 16.5 Å². The molecule has 2 aliphatic rings. The van der Waals surface area contributed by atoms with Gasteiger partial charge in [0.15, 0.2) is 11.5 Å². The van der Waals surface area contributed by atoms with Crippen molar-refractivity contribution in [3.63, 3.8) is 0 Å². The molecular formula is C20H24N2O4S. The fourth-order valence-corrected chi connectivity index (χ4v) is 4.49. The lowest BCUT2D eigenvalue weighted by Gasteiger charge is -2.32. The Balaban J connectivity index is 1.48. The van der Waals surface area contributed by atoms with E-state index in [-0.39, 0.29) is 4.90 Å². The third kappa shape index (κ3) is 3.98. The van der Waals surface area contributed by atoms with E-state index >= 15 is 0 Å². The first-order chi connectivity index (χ1) is 13.0. The predicted molar refractivity (Wildman–Crippen MR) is 105 cm³/mol. The molecule has 0 aromatic heterocycles. The highest BCUT2D eigenvalue weighted by Crippen LogP contribution is 2.33. The van der Waals surface area contributed by atoms with Crippen LogP contribution in [0.5, 0.6) is 11.5 Å². The second-order valence-corrected chi connectivity index (χ2v) is 8.81. The number of anilines is 2. The van der Waals surface area contributed by atoms with E-state index in [0.29, 0.717) is 30.4 Å². The molecule has 1 fully saturated rings. The molecule has 2 aliphatic heterocycles. The van der Waals surface area contributed by atoms with Crippen molar-refractivity contribution in [2.45, 2.75) is 24.7 Å². The van der Waals surface area contributed by atoms with Gasteiger partial charge in [-0.1, -0.05) is 6.92 Å². The molecule has 2 heterocycles. The summed E-state index contributed by atoms with van der Waals surface area (Å²) in [7, 11) is -3.69. The molecule has 1 N–H and O–H groups in total. The number of benzene rings is 2. The maximum Gasteiger partial charge on any atom is 0.262 e. The molecule has 144 valence electrons. The molecule has 0 bridgehead atoms. The summed E-state index contributed by atoms with van der Waals surface area (Å²) in [6.07, 6.45) is 2.39. The first-order valence-electron chi connectivity index (χ1n) is 9.29. The molecule has 6 nitrogen and oxygen atoms in total. The number of nitrogens with one attached hydrogen (secondary N) is 1.